The van der Waals surface area contributed by atoms with Crippen LogP contribution in [-0.4, -0.2) is 16.7 Å². The summed E-state index contributed by atoms with van der Waals surface area (Å²) in [6.07, 6.45) is 0. The molecule has 3 nitrogen and oxygen atoms in total. The van der Waals surface area contributed by atoms with Crippen LogP contribution in [0.25, 0.3) is 16.7 Å². The summed E-state index contributed by atoms with van der Waals surface area (Å²) in [6.45, 7) is 0. The molecule has 0 aliphatic heterocycles. The minimum absolute atomic E-state index is 0.231. The first kappa shape index (κ1) is 12.9. The van der Waals surface area contributed by atoms with E-state index in [2.05, 4.69) is 4.98 Å². The van der Waals surface area contributed by atoms with Gasteiger partial charge in [-0.25, -0.2) is 9.37 Å². The van der Waals surface area contributed by atoms with Crippen LogP contribution in [0.15, 0.2) is 42.5 Å². The Bertz CT molecular complexity index is 770. The molecule has 5 heteroatoms. The minimum atomic E-state index is -0.298. The van der Waals surface area contributed by atoms with E-state index < -0.39 is 0 Å². The van der Waals surface area contributed by atoms with Gasteiger partial charge in [0.1, 0.15) is 22.9 Å². The van der Waals surface area contributed by atoms with E-state index in [1.165, 1.54) is 12.1 Å². The third-order valence-electron chi connectivity index (χ3n) is 3.12. The van der Waals surface area contributed by atoms with Crippen LogP contribution in [0.2, 0.25) is 0 Å². The Kier molecular flexibility index (Phi) is 3.32. The average Bonchev–Trinajstić information content (AvgIpc) is 2.85. The zero-order chi connectivity index (χ0) is 14.1. The first-order valence-corrected chi connectivity index (χ1v) is 6.64. The van der Waals surface area contributed by atoms with E-state index in [4.69, 9.17) is 16.3 Å². The van der Waals surface area contributed by atoms with Crippen LogP contribution < -0.4 is 4.74 Å². The molecule has 0 aliphatic carbocycles. The van der Waals surface area contributed by atoms with Crippen molar-refractivity contribution in [2.45, 2.75) is 5.88 Å². The lowest BCUT2D eigenvalue weighted by molar-refractivity contribution is 0.419. The minimum Gasteiger partial charge on any atom is -0.494 e. The Morgan fingerprint density at radius 2 is 2.05 bits per heavy atom. The van der Waals surface area contributed by atoms with E-state index in [1.54, 1.807) is 13.2 Å². The number of alkyl halides is 1. The molecule has 0 amide bonds. The second-order valence-corrected chi connectivity index (χ2v) is 4.57. The quantitative estimate of drug-likeness (QED) is 0.684. The maximum Gasteiger partial charge on any atom is 0.146 e. The average molecular weight is 291 g/mol. The van der Waals surface area contributed by atoms with E-state index in [1.807, 2.05) is 28.8 Å². The number of benzene rings is 2. The van der Waals surface area contributed by atoms with Gasteiger partial charge in [0.15, 0.2) is 0 Å². The molecule has 0 aliphatic rings. The van der Waals surface area contributed by atoms with Gasteiger partial charge in [-0.3, -0.25) is 4.57 Å². The van der Waals surface area contributed by atoms with Gasteiger partial charge in [0.2, 0.25) is 0 Å². The maximum absolute atomic E-state index is 13.4. The summed E-state index contributed by atoms with van der Waals surface area (Å²) in [5.41, 5.74) is 2.25. The van der Waals surface area contributed by atoms with Gasteiger partial charge in [0, 0.05) is 0 Å². The second-order valence-electron chi connectivity index (χ2n) is 4.30. The number of aromatic nitrogens is 2. The summed E-state index contributed by atoms with van der Waals surface area (Å²) in [5.74, 6) is 1.25. The predicted octanol–water partition coefficient (Wildman–Crippen LogP) is 3.91. The molecule has 0 bridgehead atoms. The van der Waals surface area contributed by atoms with E-state index in [0.29, 0.717) is 17.3 Å². The Hall–Kier alpha value is -2.07. The number of hydrogen-bond acceptors (Lipinski definition) is 2. The van der Waals surface area contributed by atoms with Crippen LogP contribution in [0.4, 0.5) is 4.39 Å². The van der Waals surface area contributed by atoms with Crippen LogP contribution in [0.1, 0.15) is 5.82 Å². The van der Waals surface area contributed by atoms with E-state index in [0.717, 1.165) is 11.0 Å². The number of para-hydroxylation sites is 1. The van der Waals surface area contributed by atoms with E-state index in [9.17, 15) is 4.39 Å². The number of imidazole rings is 1. The lowest BCUT2D eigenvalue weighted by Crippen LogP contribution is -1.99. The number of nitrogens with zero attached hydrogens (tertiary/aromatic N) is 2. The van der Waals surface area contributed by atoms with Gasteiger partial charge in [-0.2, -0.15) is 0 Å². The first-order valence-electron chi connectivity index (χ1n) is 6.11. The van der Waals surface area contributed by atoms with Crippen molar-refractivity contribution in [2.24, 2.45) is 0 Å². The zero-order valence-corrected chi connectivity index (χ0v) is 11.6. The van der Waals surface area contributed by atoms with Crippen molar-refractivity contribution in [3.8, 4) is 11.4 Å². The van der Waals surface area contributed by atoms with Crippen molar-refractivity contribution in [1.29, 1.82) is 0 Å². The zero-order valence-electron chi connectivity index (χ0n) is 10.8. The third-order valence-corrected chi connectivity index (χ3v) is 3.36. The Morgan fingerprint density at radius 3 is 2.75 bits per heavy atom. The molecular formula is C15H12ClFN2O. The SMILES string of the molecule is COc1cccc2c1nc(CCl)n2-c1cccc(F)c1. The second kappa shape index (κ2) is 5.13. The Balaban J connectivity index is 2.34. The monoisotopic (exact) mass is 290 g/mol. The number of rotatable bonds is 3. The molecule has 3 aromatic rings. The Labute approximate surface area is 120 Å². The highest BCUT2D eigenvalue weighted by molar-refractivity contribution is 6.17. The van der Waals surface area contributed by atoms with Crippen LogP contribution in [0.3, 0.4) is 0 Å². The van der Waals surface area contributed by atoms with Crippen molar-refractivity contribution >= 4 is 22.6 Å². The van der Waals surface area contributed by atoms with Crippen LogP contribution in [0.5, 0.6) is 5.75 Å². The molecule has 0 saturated heterocycles. The number of methoxy groups -OCH3 is 1. The van der Waals surface area contributed by atoms with Crippen molar-refractivity contribution in [3.63, 3.8) is 0 Å². The number of hydrogen-bond donors (Lipinski definition) is 0. The summed E-state index contributed by atoms with van der Waals surface area (Å²) in [7, 11) is 1.59. The molecule has 1 aromatic heterocycles. The van der Waals surface area contributed by atoms with Gasteiger partial charge in [-0.05, 0) is 30.3 Å². The standard InChI is InChI=1S/C15H12ClFN2O/c1-20-13-7-3-6-12-15(13)18-14(9-16)19(12)11-5-2-4-10(17)8-11/h2-8H,9H2,1H3. The lowest BCUT2D eigenvalue weighted by Gasteiger charge is -2.08. The van der Waals surface area contributed by atoms with Crippen LogP contribution >= 0.6 is 11.6 Å². The van der Waals surface area contributed by atoms with Gasteiger partial charge < -0.3 is 4.74 Å². The molecule has 0 unspecified atom stereocenters. The smallest absolute Gasteiger partial charge is 0.146 e. The molecule has 0 saturated carbocycles. The molecule has 0 fully saturated rings. The summed E-state index contributed by atoms with van der Waals surface area (Å²) < 4.78 is 20.6. The van der Waals surface area contributed by atoms with Gasteiger partial charge in [0.25, 0.3) is 0 Å². The molecule has 0 radical (unpaired) electrons. The van der Waals surface area contributed by atoms with Crippen molar-refractivity contribution in [1.82, 2.24) is 9.55 Å². The molecule has 1 heterocycles. The van der Waals surface area contributed by atoms with Gasteiger partial charge >= 0.3 is 0 Å². The van der Waals surface area contributed by atoms with Gasteiger partial charge in [-0.15, -0.1) is 11.6 Å². The molecule has 102 valence electrons. The topological polar surface area (TPSA) is 27.1 Å². The molecule has 0 atom stereocenters. The predicted molar refractivity (Wildman–Crippen MR) is 77.1 cm³/mol. The number of ether oxygens (including phenoxy) is 1. The lowest BCUT2D eigenvalue weighted by atomic mass is 10.2. The summed E-state index contributed by atoms with van der Waals surface area (Å²) in [4.78, 5) is 4.49. The van der Waals surface area contributed by atoms with E-state index in [-0.39, 0.29) is 11.7 Å². The molecule has 0 spiro atoms. The highest BCUT2D eigenvalue weighted by Gasteiger charge is 2.14. The van der Waals surface area contributed by atoms with Gasteiger partial charge in [-0.1, -0.05) is 12.1 Å². The van der Waals surface area contributed by atoms with Gasteiger partial charge in [0.05, 0.1) is 24.2 Å². The Morgan fingerprint density at radius 1 is 1.25 bits per heavy atom. The van der Waals surface area contributed by atoms with Crippen molar-refractivity contribution in [3.05, 3.63) is 54.1 Å². The van der Waals surface area contributed by atoms with Crippen LogP contribution in [0, 0.1) is 5.82 Å². The highest BCUT2D eigenvalue weighted by atomic mass is 35.5. The summed E-state index contributed by atoms with van der Waals surface area (Å²) >= 11 is 5.97. The van der Waals surface area contributed by atoms with Crippen LogP contribution in [-0.2, 0) is 5.88 Å². The summed E-state index contributed by atoms with van der Waals surface area (Å²) in [5, 5.41) is 0. The van der Waals surface area contributed by atoms with Crippen molar-refractivity contribution in [2.75, 3.05) is 7.11 Å². The van der Waals surface area contributed by atoms with E-state index >= 15 is 0 Å². The fourth-order valence-electron chi connectivity index (χ4n) is 2.28. The largest absolute Gasteiger partial charge is 0.494 e. The summed E-state index contributed by atoms with van der Waals surface area (Å²) in [6, 6.07) is 12.0. The number of fused-ring (bicyclic) bond motifs is 1. The molecule has 3 rings (SSSR count). The molecular weight excluding hydrogens is 279 g/mol. The fraction of sp³-hybridized carbons (Fsp3) is 0.133. The molecule has 20 heavy (non-hydrogen) atoms. The fourth-order valence-corrected chi connectivity index (χ4v) is 2.46. The number of halogens is 2. The molecule has 0 N–H and O–H groups in total. The third kappa shape index (κ3) is 2.02. The highest BCUT2D eigenvalue weighted by Crippen LogP contribution is 2.29. The maximum atomic E-state index is 13.4. The molecule has 2 aromatic carbocycles. The first-order chi connectivity index (χ1) is 9.74. The van der Waals surface area contributed by atoms with Crippen molar-refractivity contribution < 1.29 is 9.13 Å². The normalized spacial score (nSPS) is 10.9.